The third-order valence-electron chi connectivity index (χ3n) is 4.13. The fourth-order valence-electron chi connectivity index (χ4n) is 2.21. The van der Waals surface area contributed by atoms with Crippen molar-refractivity contribution in [1.82, 2.24) is 5.32 Å². The minimum Gasteiger partial charge on any atom is -0.346 e. The molecule has 0 aromatic heterocycles. The quantitative estimate of drug-likeness (QED) is 0.594. The van der Waals surface area contributed by atoms with E-state index < -0.39 is 6.04 Å². The van der Waals surface area contributed by atoms with Gasteiger partial charge in [0.15, 0.2) is 5.78 Å². The molecule has 22 heavy (non-hydrogen) atoms. The van der Waals surface area contributed by atoms with Crippen molar-refractivity contribution in [3.8, 4) is 0 Å². The summed E-state index contributed by atoms with van der Waals surface area (Å²) in [6, 6.07) is -0.394. The normalized spacial score (nSPS) is 14.0. The van der Waals surface area contributed by atoms with Crippen LogP contribution in [0.25, 0.3) is 0 Å². The van der Waals surface area contributed by atoms with Crippen LogP contribution in [0, 0.1) is 17.8 Å². The number of hydrogen-bond acceptors (Lipinski definition) is 3. The Morgan fingerprint density at radius 3 is 1.86 bits per heavy atom. The zero-order valence-electron chi connectivity index (χ0n) is 15.1. The minimum absolute atomic E-state index is 0.0623. The third-order valence-corrected chi connectivity index (χ3v) is 4.13. The van der Waals surface area contributed by atoms with Gasteiger partial charge in [0, 0.05) is 24.7 Å². The summed E-state index contributed by atoms with van der Waals surface area (Å²) in [4.78, 5) is 35.8. The zero-order valence-corrected chi connectivity index (χ0v) is 15.1. The lowest BCUT2D eigenvalue weighted by Gasteiger charge is -2.24. The van der Waals surface area contributed by atoms with E-state index in [1.807, 2.05) is 41.5 Å². The maximum absolute atomic E-state index is 12.2. The zero-order chi connectivity index (χ0) is 17.3. The average molecular weight is 311 g/mol. The number of amides is 1. The molecule has 0 saturated carbocycles. The smallest absolute Gasteiger partial charge is 0.220 e. The molecule has 0 bridgehead atoms. The predicted molar refractivity (Wildman–Crippen MR) is 89.5 cm³/mol. The monoisotopic (exact) mass is 311 g/mol. The maximum Gasteiger partial charge on any atom is 0.220 e. The first-order chi connectivity index (χ1) is 10.2. The highest BCUT2D eigenvalue weighted by Crippen LogP contribution is 2.14. The second kappa shape index (κ2) is 10.5. The lowest BCUT2D eigenvalue weighted by molar-refractivity contribution is -0.130. The summed E-state index contributed by atoms with van der Waals surface area (Å²) in [5, 5.41) is 2.89. The minimum atomic E-state index is -0.394. The van der Waals surface area contributed by atoms with Gasteiger partial charge < -0.3 is 5.32 Å². The highest BCUT2D eigenvalue weighted by molar-refractivity contribution is 5.90. The molecule has 0 aliphatic heterocycles. The molecule has 0 spiro atoms. The van der Waals surface area contributed by atoms with Gasteiger partial charge in [0.2, 0.25) is 5.91 Å². The first-order valence-electron chi connectivity index (χ1n) is 8.56. The molecule has 1 unspecified atom stereocenters. The number of carbonyl (C=O) groups excluding carboxylic acids is 3. The Bertz CT molecular complexity index is 375. The van der Waals surface area contributed by atoms with E-state index in [1.54, 1.807) is 0 Å². The lowest BCUT2D eigenvalue weighted by Crippen LogP contribution is -2.46. The number of Topliss-reactive ketones (excluding diaryl/α,β-unsaturated/α-hetero) is 2. The molecule has 1 N–H and O–H groups in total. The number of rotatable bonds is 11. The van der Waals surface area contributed by atoms with E-state index in [4.69, 9.17) is 0 Å². The van der Waals surface area contributed by atoms with Crippen LogP contribution in [0.15, 0.2) is 0 Å². The SMILES string of the molecule is CCC(C)[C@H](NC(=O)CCCCC(=O)C(C)C)C(=O)C(C)C. The number of unbranched alkanes of at least 4 members (excludes halogenated alkanes) is 1. The van der Waals surface area contributed by atoms with Gasteiger partial charge in [-0.3, -0.25) is 14.4 Å². The van der Waals surface area contributed by atoms with Gasteiger partial charge in [-0.15, -0.1) is 0 Å². The molecular weight excluding hydrogens is 278 g/mol. The van der Waals surface area contributed by atoms with E-state index in [9.17, 15) is 14.4 Å². The number of carbonyl (C=O) groups is 3. The Hall–Kier alpha value is -1.19. The standard InChI is InChI=1S/C18H33NO3/c1-7-14(6)17(18(22)13(4)5)19-16(21)11-9-8-10-15(20)12(2)3/h12-14,17H,7-11H2,1-6H3,(H,19,21)/t14?,17-/m0/s1. The molecule has 4 nitrogen and oxygen atoms in total. The Morgan fingerprint density at radius 1 is 0.864 bits per heavy atom. The largest absolute Gasteiger partial charge is 0.346 e. The first-order valence-corrected chi connectivity index (χ1v) is 8.56. The summed E-state index contributed by atoms with van der Waals surface area (Å²) in [5.41, 5.74) is 0. The summed E-state index contributed by atoms with van der Waals surface area (Å²) in [7, 11) is 0. The molecule has 0 heterocycles. The van der Waals surface area contributed by atoms with Gasteiger partial charge in [0.05, 0.1) is 6.04 Å². The Morgan fingerprint density at radius 2 is 1.41 bits per heavy atom. The third kappa shape index (κ3) is 7.71. The van der Waals surface area contributed by atoms with Gasteiger partial charge >= 0.3 is 0 Å². The summed E-state index contributed by atoms with van der Waals surface area (Å²) in [6.07, 6.45) is 3.19. The van der Waals surface area contributed by atoms with Crippen LogP contribution >= 0.6 is 0 Å². The number of ketones is 2. The highest BCUT2D eigenvalue weighted by Gasteiger charge is 2.27. The fraction of sp³-hybridized carbons (Fsp3) is 0.833. The summed E-state index contributed by atoms with van der Waals surface area (Å²) < 4.78 is 0. The number of hydrogen-bond donors (Lipinski definition) is 1. The van der Waals surface area contributed by atoms with Crippen LogP contribution in [-0.4, -0.2) is 23.5 Å². The van der Waals surface area contributed by atoms with Crippen LogP contribution in [0.5, 0.6) is 0 Å². The molecule has 0 saturated heterocycles. The molecule has 4 heteroatoms. The molecule has 2 atom stereocenters. The van der Waals surface area contributed by atoms with Crippen LogP contribution in [0.1, 0.15) is 73.6 Å². The van der Waals surface area contributed by atoms with Crippen LogP contribution in [0.3, 0.4) is 0 Å². The van der Waals surface area contributed by atoms with Crippen molar-refractivity contribution in [2.75, 3.05) is 0 Å². The van der Waals surface area contributed by atoms with E-state index in [2.05, 4.69) is 5.32 Å². The van der Waals surface area contributed by atoms with E-state index in [-0.39, 0.29) is 35.2 Å². The average Bonchev–Trinajstić information content (AvgIpc) is 2.47. The van der Waals surface area contributed by atoms with Gasteiger partial charge in [0.25, 0.3) is 0 Å². The summed E-state index contributed by atoms with van der Waals surface area (Å²) >= 11 is 0. The van der Waals surface area contributed by atoms with Gasteiger partial charge in [-0.1, -0.05) is 48.0 Å². The van der Waals surface area contributed by atoms with Crippen LogP contribution in [0.4, 0.5) is 0 Å². The summed E-state index contributed by atoms with van der Waals surface area (Å²) in [5.74, 6) is 0.374. The maximum atomic E-state index is 12.2. The van der Waals surface area contributed by atoms with E-state index in [1.165, 1.54) is 0 Å². The highest BCUT2D eigenvalue weighted by atomic mass is 16.2. The van der Waals surface area contributed by atoms with E-state index in [0.29, 0.717) is 19.3 Å². The van der Waals surface area contributed by atoms with Gasteiger partial charge in [0.1, 0.15) is 5.78 Å². The first kappa shape index (κ1) is 20.8. The van der Waals surface area contributed by atoms with Crippen molar-refractivity contribution in [3.05, 3.63) is 0 Å². The van der Waals surface area contributed by atoms with Crippen molar-refractivity contribution < 1.29 is 14.4 Å². The summed E-state index contributed by atoms with van der Waals surface area (Å²) in [6.45, 7) is 11.5. The topological polar surface area (TPSA) is 63.2 Å². The lowest BCUT2D eigenvalue weighted by atomic mass is 9.90. The van der Waals surface area contributed by atoms with Gasteiger partial charge in [-0.05, 0) is 18.8 Å². The second-order valence-corrected chi connectivity index (χ2v) is 6.82. The van der Waals surface area contributed by atoms with E-state index >= 15 is 0 Å². The molecule has 0 fully saturated rings. The van der Waals surface area contributed by atoms with Crippen molar-refractivity contribution in [2.45, 2.75) is 79.7 Å². The molecule has 0 aliphatic rings. The van der Waals surface area contributed by atoms with Gasteiger partial charge in [-0.25, -0.2) is 0 Å². The molecule has 0 aliphatic carbocycles. The second-order valence-electron chi connectivity index (χ2n) is 6.82. The Kier molecular flexibility index (Phi) is 9.95. The molecule has 0 rings (SSSR count). The van der Waals surface area contributed by atoms with Crippen LogP contribution < -0.4 is 5.32 Å². The van der Waals surface area contributed by atoms with Crippen molar-refractivity contribution in [3.63, 3.8) is 0 Å². The molecule has 0 radical (unpaired) electrons. The predicted octanol–water partition coefficient (Wildman–Crippen LogP) is 3.53. The van der Waals surface area contributed by atoms with Crippen molar-refractivity contribution in [2.24, 2.45) is 17.8 Å². The van der Waals surface area contributed by atoms with Crippen LogP contribution in [-0.2, 0) is 14.4 Å². The van der Waals surface area contributed by atoms with Crippen molar-refractivity contribution in [1.29, 1.82) is 0 Å². The van der Waals surface area contributed by atoms with Crippen LogP contribution in [0.2, 0.25) is 0 Å². The fourth-order valence-corrected chi connectivity index (χ4v) is 2.21. The van der Waals surface area contributed by atoms with Gasteiger partial charge in [-0.2, -0.15) is 0 Å². The Labute approximate surface area is 135 Å². The molecule has 1 amide bonds. The van der Waals surface area contributed by atoms with Crippen molar-refractivity contribution >= 4 is 17.5 Å². The molecule has 128 valence electrons. The molecule has 0 aromatic carbocycles. The van der Waals surface area contributed by atoms with E-state index in [0.717, 1.165) is 12.8 Å². The molecular formula is C18H33NO3. The number of nitrogens with one attached hydrogen (secondary N) is 1. The Balaban J connectivity index is 4.29. The molecule has 0 aromatic rings.